The van der Waals surface area contributed by atoms with Gasteiger partial charge in [0.15, 0.2) is 0 Å². The van der Waals surface area contributed by atoms with Crippen LogP contribution in [0.5, 0.6) is 0 Å². The lowest BCUT2D eigenvalue weighted by atomic mass is 9.94. The Bertz CT molecular complexity index is 712. The van der Waals surface area contributed by atoms with Gasteiger partial charge in [-0.1, -0.05) is 24.3 Å². The van der Waals surface area contributed by atoms with Crippen LogP contribution in [0.1, 0.15) is 30.1 Å². The van der Waals surface area contributed by atoms with Crippen LogP contribution in [0.3, 0.4) is 0 Å². The fourth-order valence-corrected chi connectivity index (χ4v) is 2.96. The van der Waals surface area contributed by atoms with Crippen molar-refractivity contribution in [1.82, 2.24) is 0 Å². The zero-order valence-electron chi connectivity index (χ0n) is 13.4. The Balaban J connectivity index is 1.79. The molecule has 2 aromatic rings. The second-order valence-electron chi connectivity index (χ2n) is 6.16. The molecule has 2 atom stereocenters. The summed E-state index contributed by atoms with van der Waals surface area (Å²) in [6.45, 7) is 2.58. The predicted molar refractivity (Wildman–Crippen MR) is 95.7 cm³/mol. The Hall–Kier alpha value is -2.44. The summed E-state index contributed by atoms with van der Waals surface area (Å²) in [6, 6.07) is 12.3. The van der Waals surface area contributed by atoms with Crippen molar-refractivity contribution in [2.45, 2.75) is 25.9 Å². The zero-order valence-corrected chi connectivity index (χ0v) is 13.4. The van der Waals surface area contributed by atoms with E-state index in [2.05, 4.69) is 30.2 Å². The van der Waals surface area contributed by atoms with Crippen molar-refractivity contribution in [3.05, 3.63) is 47.5 Å². The molecular weight excluding hydrogens is 284 g/mol. The molecule has 0 amide bonds. The van der Waals surface area contributed by atoms with Crippen molar-refractivity contribution in [1.29, 1.82) is 0 Å². The highest BCUT2D eigenvalue weighted by Gasteiger charge is 2.21. The standard InChI is InChI=1S/C20H22N2O/c1-3-14-4-9-20(23-12-14)16-7-5-15(6-8-16)17-10-18(21)13(2)19(22)11-17/h1,5-8,10-11,14,20H,4,9,12,21-22H2,2H3. The molecular formula is C20H22N2O. The minimum absolute atomic E-state index is 0.141. The number of anilines is 2. The van der Waals surface area contributed by atoms with Crippen LogP contribution in [0, 0.1) is 25.2 Å². The fourth-order valence-electron chi connectivity index (χ4n) is 2.96. The number of hydrogen-bond donors (Lipinski definition) is 2. The van der Waals surface area contributed by atoms with E-state index in [1.54, 1.807) is 0 Å². The third kappa shape index (κ3) is 3.18. The Morgan fingerprint density at radius 1 is 1.04 bits per heavy atom. The summed E-state index contributed by atoms with van der Waals surface area (Å²) >= 11 is 0. The van der Waals surface area contributed by atoms with E-state index in [4.69, 9.17) is 22.6 Å². The highest BCUT2D eigenvalue weighted by atomic mass is 16.5. The summed E-state index contributed by atoms with van der Waals surface area (Å²) in [4.78, 5) is 0. The van der Waals surface area contributed by atoms with Crippen LogP contribution in [0.4, 0.5) is 11.4 Å². The molecule has 2 unspecified atom stereocenters. The lowest BCUT2D eigenvalue weighted by molar-refractivity contribution is -0.00295. The van der Waals surface area contributed by atoms with E-state index in [1.807, 2.05) is 19.1 Å². The van der Waals surface area contributed by atoms with E-state index in [0.717, 1.165) is 40.9 Å². The first-order valence-electron chi connectivity index (χ1n) is 7.92. The number of hydrogen-bond acceptors (Lipinski definition) is 3. The quantitative estimate of drug-likeness (QED) is 0.653. The molecule has 0 spiro atoms. The van der Waals surface area contributed by atoms with Crippen molar-refractivity contribution in [2.24, 2.45) is 5.92 Å². The Labute approximate surface area is 137 Å². The first-order chi connectivity index (χ1) is 11.1. The Morgan fingerprint density at radius 3 is 2.22 bits per heavy atom. The zero-order chi connectivity index (χ0) is 16.4. The highest BCUT2D eigenvalue weighted by Crippen LogP contribution is 2.33. The second kappa shape index (κ2) is 6.36. The Morgan fingerprint density at radius 2 is 1.70 bits per heavy atom. The summed E-state index contributed by atoms with van der Waals surface area (Å²) < 4.78 is 5.88. The van der Waals surface area contributed by atoms with E-state index >= 15 is 0 Å². The predicted octanol–water partition coefficient (Wildman–Crippen LogP) is 3.93. The molecule has 4 N–H and O–H groups in total. The maximum Gasteiger partial charge on any atom is 0.0826 e. The van der Waals surface area contributed by atoms with Gasteiger partial charge in [0.05, 0.1) is 12.7 Å². The lowest BCUT2D eigenvalue weighted by Crippen LogP contribution is -2.19. The van der Waals surface area contributed by atoms with E-state index in [-0.39, 0.29) is 12.0 Å². The molecule has 0 radical (unpaired) electrons. The van der Waals surface area contributed by atoms with Gasteiger partial charge in [-0.05, 0) is 54.2 Å². The average molecular weight is 306 g/mol. The average Bonchev–Trinajstić information content (AvgIpc) is 2.59. The van der Waals surface area contributed by atoms with Gasteiger partial charge in [0.2, 0.25) is 0 Å². The summed E-state index contributed by atoms with van der Waals surface area (Å²) in [6.07, 6.45) is 7.59. The number of nitrogens with two attached hydrogens (primary N) is 2. The molecule has 1 fully saturated rings. The van der Waals surface area contributed by atoms with Gasteiger partial charge >= 0.3 is 0 Å². The maximum absolute atomic E-state index is 6.02. The van der Waals surface area contributed by atoms with Gasteiger partial charge in [-0.15, -0.1) is 12.3 Å². The molecule has 3 rings (SSSR count). The van der Waals surface area contributed by atoms with Gasteiger partial charge in [-0.3, -0.25) is 0 Å². The second-order valence-corrected chi connectivity index (χ2v) is 6.16. The van der Waals surface area contributed by atoms with Gasteiger partial charge < -0.3 is 16.2 Å². The number of nitrogen functional groups attached to an aromatic ring is 2. The molecule has 3 nitrogen and oxygen atoms in total. The van der Waals surface area contributed by atoms with Crippen LogP contribution >= 0.6 is 0 Å². The topological polar surface area (TPSA) is 61.3 Å². The highest BCUT2D eigenvalue weighted by molar-refractivity contribution is 5.75. The molecule has 0 aromatic heterocycles. The first-order valence-corrected chi connectivity index (χ1v) is 7.92. The number of rotatable bonds is 2. The van der Waals surface area contributed by atoms with Crippen LogP contribution in [-0.2, 0) is 4.74 Å². The van der Waals surface area contributed by atoms with Gasteiger partial charge in [-0.2, -0.15) is 0 Å². The van der Waals surface area contributed by atoms with Crippen molar-refractivity contribution in [3.8, 4) is 23.5 Å². The van der Waals surface area contributed by atoms with Crippen molar-refractivity contribution >= 4 is 11.4 Å². The number of ether oxygens (including phenoxy) is 1. The van der Waals surface area contributed by atoms with Crippen LogP contribution in [0.2, 0.25) is 0 Å². The normalized spacial score (nSPS) is 20.9. The first kappa shape index (κ1) is 15.5. The van der Waals surface area contributed by atoms with Crippen LogP contribution < -0.4 is 11.5 Å². The summed E-state index contributed by atoms with van der Waals surface area (Å²) in [5.41, 5.74) is 17.7. The molecule has 1 heterocycles. The van der Waals surface area contributed by atoms with Crippen LogP contribution in [0.15, 0.2) is 36.4 Å². The van der Waals surface area contributed by atoms with Crippen molar-refractivity contribution in [3.63, 3.8) is 0 Å². The van der Waals surface area contributed by atoms with Gasteiger partial charge in [-0.25, -0.2) is 0 Å². The molecule has 118 valence electrons. The van der Waals surface area contributed by atoms with Gasteiger partial charge in [0, 0.05) is 17.3 Å². The molecule has 0 saturated carbocycles. The number of benzene rings is 2. The minimum Gasteiger partial charge on any atom is -0.398 e. The largest absolute Gasteiger partial charge is 0.398 e. The molecule has 3 heteroatoms. The van der Waals surface area contributed by atoms with E-state index in [9.17, 15) is 0 Å². The maximum atomic E-state index is 6.02. The molecule has 2 aromatic carbocycles. The molecule has 0 bridgehead atoms. The van der Waals surface area contributed by atoms with Crippen LogP contribution in [0.25, 0.3) is 11.1 Å². The smallest absolute Gasteiger partial charge is 0.0826 e. The lowest BCUT2D eigenvalue weighted by Gasteiger charge is -2.26. The van der Waals surface area contributed by atoms with Crippen molar-refractivity contribution in [2.75, 3.05) is 18.1 Å². The monoisotopic (exact) mass is 306 g/mol. The fraction of sp³-hybridized carbons (Fsp3) is 0.300. The molecule has 1 saturated heterocycles. The van der Waals surface area contributed by atoms with Gasteiger partial charge in [0.25, 0.3) is 0 Å². The van der Waals surface area contributed by atoms with E-state index in [1.165, 1.54) is 5.56 Å². The van der Waals surface area contributed by atoms with Crippen LogP contribution in [-0.4, -0.2) is 6.61 Å². The van der Waals surface area contributed by atoms with E-state index < -0.39 is 0 Å². The SMILES string of the molecule is C#CC1CCC(c2ccc(-c3cc(N)c(C)c(N)c3)cc2)OC1. The minimum atomic E-state index is 0.141. The molecule has 23 heavy (non-hydrogen) atoms. The summed E-state index contributed by atoms with van der Waals surface area (Å²) in [5, 5.41) is 0. The third-order valence-electron chi connectivity index (χ3n) is 4.62. The molecule has 0 aliphatic carbocycles. The van der Waals surface area contributed by atoms with Crippen molar-refractivity contribution < 1.29 is 4.74 Å². The third-order valence-corrected chi connectivity index (χ3v) is 4.62. The van der Waals surface area contributed by atoms with E-state index in [0.29, 0.717) is 6.61 Å². The summed E-state index contributed by atoms with van der Waals surface area (Å²) in [5.74, 6) is 3.03. The Kier molecular flexibility index (Phi) is 4.27. The molecule has 1 aliphatic heterocycles. The van der Waals surface area contributed by atoms with Gasteiger partial charge in [0.1, 0.15) is 0 Å². The number of terminal acetylenes is 1. The molecule has 1 aliphatic rings. The summed E-state index contributed by atoms with van der Waals surface area (Å²) in [7, 11) is 0.